The highest BCUT2D eigenvalue weighted by Gasteiger charge is 2.19. The Hall–Kier alpha value is -3.56. The Labute approximate surface area is 135 Å². The molecule has 1 aromatic carbocycles. The fraction of sp³-hybridized carbons (Fsp3) is 0.143. The number of hydrogen-bond acceptors (Lipinski definition) is 8. The lowest BCUT2D eigenvalue weighted by atomic mass is 10.2. The molecule has 1 N–H and O–H groups in total. The van der Waals surface area contributed by atoms with E-state index in [0.717, 1.165) is 19.4 Å². The van der Waals surface area contributed by atoms with Crippen molar-refractivity contribution in [2.24, 2.45) is 0 Å². The number of methoxy groups -OCH3 is 1. The van der Waals surface area contributed by atoms with Gasteiger partial charge in [0.1, 0.15) is 0 Å². The molecule has 0 aliphatic carbocycles. The van der Waals surface area contributed by atoms with Gasteiger partial charge >= 0.3 is 11.7 Å². The second-order valence-electron chi connectivity index (χ2n) is 4.62. The van der Waals surface area contributed by atoms with Crippen molar-refractivity contribution in [3.05, 3.63) is 67.9 Å². The van der Waals surface area contributed by atoms with Crippen molar-refractivity contribution in [1.82, 2.24) is 4.98 Å². The number of nitro groups is 2. The molecule has 0 aliphatic heterocycles. The molecule has 0 radical (unpaired) electrons. The maximum Gasteiger partial charge on any atom is 0.339 e. The molecule has 2 rings (SSSR count). The lowest BCUT2D eigenvalue weighted by Crippen LogP contribution is -2.08. The number of nitrogens with zero attached hydrogens (tertiary/aromatic N) is 3. The van der Waals surface area contributed by atoms with Crippen LogP contribution in [0.1, 0.15) is 15.9 Å². The zero-order valence-corrected chi connectivity index (χ0v) is 12.5. The third kappa shape index (κ3) is 3.80. The number of nitrogens with one attached hydrogen (secondary N) is 1. The lowest BCUT2D eigenvalue weighted by molar-refractivity contribution is -0.384. The van der Waals surface area contributed by atoms with Gasteiger partial charge in [-0.2, -0.15) is 0 Å². The van der Waals surface area contributed by atoms with E-state index in [9.17, 15) is 25.0 Å². The second-order valence-corrected chi connectivity index (χ2v) is 4.62. The van der Waals surface area contributed by atoms with Crippen LogP contribution in [0.2, 0.25) is 0 Å². The van der Waals surface area contributed by atoms with Crippen LogP contribution < -0.4 is 5.32 Å². The Kier molecular flexibility index (Phi) is 5.00. The summed E-state index contributed by atoms with van der Waals surface area (Å²) in [6.07, 6.45) is 1.15. The number of non-ortho nitro benzene ring substituents is 1. The number of benzene rings is 1. The Morgan fingerprint density at radius 2 is 2.00 bits per heavy atom. The minimum atomic E-state index is -0.740. The molecule has 0 spiro atoms. The van der Waals surface area contributed by atoms with Crippen LogP contribution in [0.4, 0.5) is 17.2 Å². The summed E-state index contributed by atoms with van der Waals surface area (Å²) in [7, 11) is 1.16. The average Bonchev–Trinajstić information content (AvgIpc) is 2.59. The number of carbonyl (C=O) groups is 1. The summed E-state index contributed by atoms with van der Waals surface area (Å²) < 4.78 is 4.49. The van der Waals surface area contributed by atoms with Crippen LogP contribution in [-0.4, -0.2) is 27.9 Å². The van der Waals surface area contributed by atoms with Crippen molar-refractivity contribution >= 4 is 23.2 Å². The minimum Gasteiger partial charge on any atom is -0.465 e. The number of carbonyl (C=O) groups excluding carboxylic acids is 1. The minimum absolute atomic E-state index is 0.0508. The van der Waals surface area contributed by atoms with Gasteiger partial charge in [0.15, 0.2) is 0 Å². The van der Waals surface area contributed by atoms with Gasteiger partial charge in [0.25, 0.3) is 5.69 Å². The van der Waals surface area contributed by atoms with E-state index >= 15 is 0 Å². The summed E-state index contributed by atoms with van der Waals surface area (Å²) in [5.41, 5.74) is 0.0172. The van der Waals surface area contributed by atoms with E-state index in [-0.39, 0.29) is 23.6 Å². The number of nitro benzene ring substituents is 1. The van der Waals surface area contributed by atoms with Gasteiger partial charge in [-0.1, -0.05) is 12.1 Å². The molecule has 124 valence electrons. The monoisotopic (exact) mass is 332 g/mol. The van der Waals surface area contributed by atoms with E-state index in [2.05, 4.69) is 15.0 Å². The average molecular weight is 332 g/mol. The molecule has 0 saturated heterocycles. The van der Waals surface area contributed by atoms with Crippen molar-refractivity contribution in [3.63, 3.8) is 0 Å². The third-order valence-electron chi connectivity index (χ3n) is 3.07. The number of esters is 1. The first-order chi connectivity index (χ1) is 11.4. The van der Waals surface area contributed by atoms with E-state index in [0.29, 0.717) is 5.56 Å². The normalized spacial score (nSPS) is 10.0. The number of hydrogen-bond donors (Lipinski definition) is 1. The fourth-order valence-corrected chi connectivity index (χ4v) is 1.92. The molecular weight excluding hydrogens is 320 g/mol. The second kappa shape index (κ2) is 7.13. The van der Waals surface area contributed by atoms with Crippen LogP contribution in [0, 0.1) is 20.2 Å². The Morgan fingerprint density at radius 1 is 1.25 bits per heavy atom. The lowest BCUT2D eigenvalue weighted by Gasteiger charge is -2.07. The van der Waals surface area contributed by atoms with Gasteiger partial charge in [-0.05, 0) is 5.56 Å². The molecule has 10 heteroatoms. The van der Waals surface area contributed by atoms with Gasteiger partial charge in [0, 0.05) is 30.9 Å². The van der Waals surface area contributed by atoms with Crippen molar-refractivity contribution in [2.45, 2.75) is 6.54 Å². The Balaban J connectivity index is 2.23. The molecule has 0 saturated carbocycles. The number of anilines is 1. The SMILES string of the molecule is COC(=O)c1cnc(NCc2cccc([N+](=O)[O-])c2)c([N+](=O)[O-])c1. The van der Waals surface area contributed by atoms with Crippen LogP contribution in [-0.2, 0) is 11.3 Å². The Morgan fingerprint density at radius 3 is 2.62 bits per heavy atom. The molecule has 24 heavy (non-hydrogen) atoms. The summed E-state index contributed by atoms with van der Waals surface area (Å²) in [5, 5.41) is 24.6. The zero-order chi connectivity index (χ0) is 17.7. The summed E-state index contributed by atoms with van der Waals surface area (Å²) >= 11 is 0. The molecule has 0 bridgehead atoms. The van der Waals surface area contributed by atoms with Gasteiger partial charge in [0.05, 0.1) is 22.5 Å². The van der Waals surface area contributed by atoms with Gasteiger partial charge in [0.2, 0.25) is 5.82 Å². The van der Waals surface area contributed by atoms with Crippen molar-refractivity contribution in [3.8, 4) is 0 Å². The van der Waals surface area contributed by atoms with Gasteiger partial charge < -0.3 is 10.1 Å². The number of aromatic nitrogens is 1. The molecule has 1 heterocycles. The van der Waals surface area contributed by atoms with Crippen LogP contribution in [0.5, 0.6) is 0 Å². The maximum absolute atomic E-state index is 11.4. The number of pyridine rings is 1. The smallest absolute Gasteiger partial charge is 0.339 e. The highest BCUT2D eigenvalue weighted by molar-refractivity contribution is 5.90. The molecule has 2 aromatic rings. The van der Waals surface area contributed by atoms with Crippen LogP contribution in [0.3, 0.4) is 0 Å². The summed E-state index contributed by atoms with van der Waals surface area (Å²) in [4.78, 5) is 35.9. The van der Waals surface area contributed by atoms with Gasteiger partial charge in [-0.3, -0.25) is 20.2 Å². The predicted octanol–water partition coefficient (Wildman–Crippen LogP) is 2.30. The molecule has 0 atom stereocenters. The first-order valence-corrected chi connectivity index (χ1v) is 6.62. The molecule has 0 fully saturated rings. The predicted molar refractivity (Wildman–Crippen MR) is 82.7 cm³/mol. The largest absolute Gasteiger partial charge is 0.465 e. The summed E-state index contributed by atoms with van der Waals surface area (Å²) in [6, 6.07) is 6.89. The van der Waals surface area contributed by atoms with E-state index < -0.39 is 21.5 Å². The summed E-state index contributed by atoms with van der Waals surface area (Å²) in [5.74, 6) is -0.796. The van der Waals surface area contributed by atoms with Gasteiger partial charge in [-0.25, -0.2) is 9.78 Å². The van der Waals surface area contributed by atoms with Crippen molar-refractivity contribution < 1.29 is 19.4 Å². The molecule has 0 aliphatic rings. The molecule has 0 amide bonds. The van der Waals surface area contributed by atoms with Crippen molar-refractivity contribution in [2.75, 3.05) is 12.4 Å². The van der Waals surface area contributed by atoms with Gasteiger partial charge in [-0.15, -0.1) is 0 Å². The van der Waals surface area contributed by atoms with E-state index in [1.807, 2.05) is 0 Å². The standard InChI is InChI=1S/C14H12N4O6/c1-24-14(19)10-6-12(18(22)23)13(16-8-10)15-7-9-3-2-4-11(5-9)17(20)21/h2-6,8H,7H2,1H3,(H,15,16). The quantitative estimate of drug-likeness (QED) is 0.483. The molecule has 0 unspecified atom stereocenters. The van der Waals surface area contributed by atoms with Crippen molar-refractivity contribution in [1.29, 1.82) is 0 Å². The van der Waals surface area contributed by atoms with Crippen LogP contribution >= 0.6 is 0 Å². The zero-order valence-electron chi connectivity index (χ0n) is 12.5. The van der Waals surface area contributed by atoms with E-state index in [1.54, 1.807) is 6.07 Å². The maximum atomic E-state index is 11.4. The van der Waals surface area contributed by atoms with E-state index in [4.69, 9.17) is 0 Å². The highest BCUT2D eigenvalue weighted by atomic mass is 16.6. The summed E-state index contributed by atoms with van der Waals surface area (Å²) in [6.45, 7) is 0.0904. The molecule has 10 nitrogen and oxygen atoms in total. The molecular formula is C14H12N4O6. The topological polar surface area (TPSA) is 138 Å². The molecule has 1 aromatic heterocycles. The fourth-order valence-electron chi connectivity index (χ4n) is 1.92. The highest BCUT2D eigenvalue weighted by Crippen LogP contribution is 2.24. The first kappa shape index (κ1) is 16.8. The van der Waals surface area contributed by atoms with Crippen LogP contribution in [0.25, 0.3) is 0 Å². The van der Waals surface area contributed by atoms with Crippen LogP contribution in [0.15, 0.2) is 36.5 Å². The number of rotatable bonds is 6. The number of ether oxygens (including phenoxy) is 1. The van der Waals surface area contributed by atoms with E-state index in [1.165, 1.54) is 18.2 Å². The first-order valence-electron chi connectivity index (χ1n) is 6.62. The third-order valence-corrected chi connectivity index (χ3v) is 3.07. The Bertz CT molecular complexity index is 808.